The molecule has 0 aliphatic rings. The van der Waals surface area contributed by atoms with Gasteiger partial charge >= 0.3 is 6.18 Å². The number of nitrogen functional groups attached to an aromatic ring is 1. The molecule has 1 aromatic heterocycles. The molecule has 1 amide bonds. The maximum atomic E-state index is 12.5. The molecule has 6 nitrogen and oxygen atoms in total. The molecule has 0 radical (unpaired) electrons. The van der Waals surface area contributed by atoms with Crippen molar-refractivity contribution in [2.75, 3.05) is 31.3 Å². The molecular formula is C9H12F3N5O. The minimum Gasteiger partial charge on any atom is -0.384 e. The van der Waals surface area contributed by atoms with Crippen LogP contribution in [0.15, 0.2) is 6.07 Å². The first-order valence-corrected chi connectivity index (χ1v) is 4.87. The third-order valence-corrected chi connectivity index (χ3v) is 2.04. The van der Waals surface area contributed by atoms with E-state index in [2.05, 4.69) is 15.3 Å². The van der Waals surface area contributed by atoms with Crippen LogP contribution in [0.1, 0.15) is 5.82 Å². The Morgan fingerprint density at radius 3 is 2.61 bits per heavy atom. The average molecular weight is 263 g/mol. The maximum absolute atomic E-state index is 12.5. The highest BCUT2D eigenvalue weighted by Crippen LogP contribution is 2.28. The zero-order chi connectivity index (χ0) is 13.9. The fraction of sp³-hybridized carbons (Fsp3) is 0.444. The molecule has 1 heterocycles. The predicted octanol–water partition coefficient (Wildman–Crippen LogP) is 0.260. The van der Waals surface area contributed by atoms with Crippen LogP contribution < -0.4 is 16.0 Å². The quantitative estimate of drug-likeness (QED) is 0.817. The summed E-state index contributed by atoms with van der Waals surface area (Å²) in [7, 11) is 2.85. The van der Waals surface area contributed by atoms with Crippen molar-refractivity contribution in [2.45, 2.75) is 6.18 Å². The standard InChI is InChI=1S/C9H12F3N5O/c1-14-7(18)4-17(2)6-3-5(13)15-8(16-6)9(10,11)12/h3H,4H2,1-2H3,(H,14,18)(H2,13,15,16). The first-order chi connectivity index (χ1) is 8.24. The Labute approximate surface area is 101 Å². The number of likely N-dealkylation sites (N-methyl/N-ethyl adjacent to an activating group) is 2. The zero-order valence-electron chi connectivity index (χ0n) is 9.75. The number of rotatable bonds is 3. The largest absolute Gasteiger partial charge is 0.451 e. The Hall–Kier alpha value is -2.06. The molecule has 0 bridgehead atoms. The first-order valence-electron chi connectivity index (χ1n) is 4.87. The summed E-state index contributed by atoms with van der Waals surface area (Å²) in [5, 5.41) is 2.35. The van der Waals surface area contributed by atoms with Crippen molar-refractivity contribution in [2.24, 2.45) is 0 Å². The van der Waals surface area contributed by atoms with Gasteiger partial charge in [-0.15, -0.1) is 0 Å². The van der Waals surface area contributed by atoms with Gasteiger partial charge in [0.1, 0.15) is 11.6 Å². The Kier molecular flexibility index (Phi) is 3.94. The second-order valence-corrected chi connectivity index (χ2v) is 3.50. The van der Waals surface area contributed by atoms with Gasteiger partial charge in [-0.25, -0.2) is 9.97 Å². The van der Waals surface area contributed by atoms with Gasteiger partial charge in [-0.1, -0.05) is 0 Å². The van der Waals surface area contributed by atoms with Crippen LogP contribution in [0.2, 0.25) is 0 Å². The summed E-state index contributed by atoms with van der Waals surface area (Å²) in [4.78, 5) is 18.8. The van der Waals surface area contributed by atoms with Crippen molar-refractivity contribution in [1.82, 2.24) is 15.3 Å². The summed E-state index contributed by atoms with van der Waals surface area (Å²) in [6, 6.07) is 1.16. The molecule has 1 rings (SSSR count). The van der Waals surface area contributed by atoms with E-state index in [0.717, 1.165) is 6.07 Å². The zero-order valence-corrected chi connectivity index (χ0v) is 9.75. The Morgan fingerprint density at radius 1 is 1.50 bits per heavy atom. The molecule has 3 N–H and O–H groups in total. The average Bonchev–Trinajstić information content (AvgIpc) is 2.26. The topological polar surface area (TPSA) is 84.1 Å². The molecule has 0 aliphatic heterocycles. The van der Waals surface area contributed by atoms with Gasteiger partial charge in [-0.2, -0.15) is 13.2 Å². The highest BCUT2D eigenvalue weighted by molar-refractivity contribution is 5.80. The van der Waals surface area contributed by atoms with Crippen molar-refractivity contribution >= 4 is 17.5 Å². The number of amides is 1. The third-order valence-electron chi connectivity index (χ3n) is 2.04. The smallest absolute Gasteiger partial charge is 0.384 e. The van der Waals surface area contributed by atoms with Crippen LogP contribution in [0.5, 0.6) is 0 Å². The van der Waals surface area contributed by atoms with Gasteiger partial charge in [0.25, 0.3) is 0 Å². The second-order valence-electron chi connectivity index (χ2n) is 3.50. The van der Waals surface area contributed by atoms with Crippen molar-refractivity contribution in [1.29, 1.82) is 0 Å². The molecule has 1 aromatic rings. The number of aromatic nitrogens is 2. The number of nitrogens with one attached hydrogen (secondary N) is 1. The molecule has 0 fully saturated rings. The van der Waals surface area contributed by atoms with E-state index in [1.165, 1.54) is 19.0 Å². The SMILES string of the molecule is CNC(=O)CN(C)c1cc(N)nc(C(F)(F)F)n1. The van der Waals surface area contributed by atoms with Crippen molar-refractivity contribution in [3.05, 3.63) is 11.9 Å². The van der Waals surface area contributed by atoms with E-state index >= 15 is 0 Å². The van der Waals surface area contributed by atoms with Crippen LogP contribution in [0, 0.1) is 0 Å². The lowest BCUT2D eigenvalue weighted by molar-refractivity contribution is -0.144. The van der Waals surface area contributed by atoms with Crippen LogP contribution in [-0.4, -0.2) is 36.5 Å². The van der Waals surface area contributed by atoms with Crippen molar-refractivity contribution < 1.29 is 18.0 Å². The normalized spacial score (nSPS) is 11.2. The number of alkyl halides is 3. The van der Waals surface area contributed by atoms with Gasteiger partial charge in [0.05, 0.1) is 6.54 Å². The van der Waals surface area contributed by atoms with Gasteiger partial charge in [0, 0.05) is 20.2 Å². The van der Waals surface area contributed by atoms with Gasteiger partial charge in [0.15, 0.2) is 0 Å². The first kappa shape index (κ1) is 14.0. The summed E-state index contributed by atoms with van der Waals surface area (Å²) in [6.45, 7) is -0.135. The van der Waals surface area contributed by atoms with E-state index in [9.17, 15) is 18.0 Å². The summed E-state index contributed by atoms with van der Waals surface area (Å²) >= 11 is 0. The molecular weight excluding hydrogens is 251 g/mol. The highest BCUT2D eigenvalue weighted by atomic mass is 19.4. The van der Waals surface area contributed by atoms with Crippen LogP contribution >= 0.6 is 0 Å². The number of hydrogen-bond acceptors (Lipinski definition) is 5. The molecule has 0 saturated carbocycles. The summed E-state index contributed by atoms with van der Waals surface area (Å²) < 4.78 is 37.4. The molecule has 0 saturated heterocycles. The number of hydrogen-bond donors (Lipinski definition) is 2. The van der Waals surface area contributed by atoms with Crippen LogP contribution in [-0.2, 0) is 11.0 Å². The molecule has 100 valence electrons. The number of nitrogens with zero attached hydrogens (tertiary/aromatic N) is 3. The fourth-order valence-electron chi connectivity index (χ4n) is 1.15. The third kappa shape index (κ3) is 3.47. The minimum atomic E-state index is -4.68. The molecule has 9 heteroatoms. The monoisotopic (exact) mass is 263 g/mol. The second kappa shape index (κ2) is 5.07. The Bertz CT molecular complexity index is 448. The minimum absolute atomic E-state index is 0.0709. The Balaban J connectivity index is 3.03. The lowest BCUT2D eigenvalue weighted by Crippen LogP contribution is -2.33. The van der Waals surface area contributed by atoms with E-state index in [1.807, 2.05) is 0 Å². The molecule has 0 aliphatic carbocycles. The molecule has 0 unspecified atom stereocenters. The molecule has 0 atom stereocenters. The van der Waals surface area contributed by atoms with Gasteiger partial charge in [0.2, 0.25) is 11.7 Å². The number of nitrogens with two attached hydrogens (primary N) is 1. The van der Waals surface area contributed by atoms with E-state index < -0.39 is 12.0 Å². The number of carbonyl (C=O) groups is 1. The number of carbonyl (C=O) groups excluding carboxylic acids is 1. The van der Waals surface area contributed by atoms with Gasteiger partial charge < -0.3 is 16.0 Å². The maximum Gasteiger partial charge on any atom is 0.451 e. The van der Waals surface area contributed by atoms with E-state index in [1.54, 1.807) is 0 Å². The van der Waals surface area contributed by atoms with Crippen molar-refractivity contribution in [3.63, 3.8) is 0 Å². The van der Waals surface area contributed by atoms with Crippen LogP contribution in [0.3, 0.4) is 0 Å². The van der Waals surface area contributed by atoms with E-state index in [0.29, 0.717) is 0 Å². The lowest BCUT2D eigenvalue weighted by atomic mass is 10.4. The lowest BCUT2D eigenvalue weighted by Gasteiger charge is -2.18. The summed E-state index contributed by atoms with van der Waals surface area (Å²) in [5.74, 6) is -2.07. The summed E-state index contributed by atoms with van der Waals surface area (Å²) in [6.07, 6.45) is -4.68. The molecule has 0 spiro atoms. The van der Waals surface area contributed by atoms with Crippen molar-refractivity contribution in [3.8, 4) is 0 Å². The van der Waals surface area contributed by atoms with Crippen LogP contribution in [0.4, 0.5) is 24.8 Å². The number of halogens is 3. The number of anilines is 2. The Morgan fingerprint density at radius 2 is 2.11 bits per heavy atom. The highest BCUT2D eigenvalue weighted by Gasteiger charge is 2.35. The fourth-order valence-corrected chi connectivity index (χ4v) is 1.15. The van der Waals surface area contributed by atoms with Gasteiger partial charge in [-0.05, 0) is 0 Å². The molecule has 18 heavy (non-hydrogen) atoms. The van der Waals surface area contributed by atoms with Crippen LogP contribution in [0.25, 0.3) is 0 Å². The van der Waals surface area contributed by atoms with E-state index in [-0.39, 0.29) is 24.1 Å². The molecule has 0 aromatic carbocycles. The predicted molar refractivity (Wildman–Crippen MR) is 58.8 cm³/mol. The summed E-state index contributed by atoms with van der Waals surface area (Å²) in [5.41, 5.74) is 5.28. The van der Waals surface area contributed by atoms with E-state index in [4.69, 9.17) is 5.73 Å². The van der Waals surface area contributed by atoms with Gasteiger partial charge in [-0.3, -0.25) is 4.79 Å².